The normalized spacial score (nSPS) is 20.8. The van der Waals surface area contributed by atoms with E-state index in [-0.39, 0.29) is 12.0 Å². The highest BCUT2D eigenvalue weighted by Gasteiger charge is 2.30. The maximum absolute atomic E-state index is 12.2. The Balaban J connectivity index is 1.39. The summed E-state index contributed by atoms with van der Waals surface area (Å²) in [6.45, 7) is 8.41. The Labute approximate surface area is 170 Å². The Kier molecular flexibility index (Phi) is 5.54. The molecule has 0 radical (unpaired) electrons. The molecule has 1 atom stereocenters. The Hall–Kier alpha value is -2.48. The molecule has 0 spiro atoms. The van der Waals surface area contributed by atoms with Crippen molar-refractivity contribution in [1.82, 2.24) is 20.0 Å². The fourth-order valence-corrected chi connectivity index (χ4v) is 3.76. The number of hydrogen-bond donors (Lipinski definition) is 0. The van der Waals surface area contributed by atoms with Crippen molar-refractivity contribution in [3.8, 4) is 11.5 Å². The smallest absolute Gasteiger partial charge is 0.410 e. The average molecular weight is 400 g/mol. The second-order valence-corrected chi connectivity index (χ2v) is 8.77. The van der Waals surface area contributed by atoms with E-state index in [2.05, 4.69) is 21.2 Å². The quantitative estimate of drug-likeness (QED) is 0.775. The Morgan fingerprint density at radius 3 is 2.66 bits per heavy atom. The predicted molar refractivity (Wildman–Crippen MR) is 105 cm³/mol. The fraction of sp³-hybridized carbons (Fsp3) is 0.619. The van der Waals surface area contributed by atoms with E-state index in [1.807, 2.05) is 27.0 Å². The lowest BCUT2D eigenvalue weighted by molar-refractivity contribution is 0.0203. The number of hydrogen-bond acceptors (Lipinski definition) is 7. The zero-order chi connectivity index (χ0) is 20.4. The number of rotatable bonds is 3. The minimum absolute atomic E-state index is 0.172. The Morgan fingerprint density at radius 1 is 1.17 bits per heavy atom. The molecule has 8 heteroatoms. The molecule has 2 aliphatic rings. The van der Waals surface area contributed by atoms with Gasteiger partial charge in [0.1, 0.15) is 5.60 Å². The van der Waals surface area contributed by atoms with Gasteiger partial charge in [-0.15, -0.1) is 0 Å². The van der Waals surface area contributed by atoms with Crippen LogP contribution < -0.4 is 0 Å². The van der Waals surface area contributed by atoms with Gasteiger partial charge in [0.05, 0.1) is 12.2 Å². The van der Waals surface area contributed by atoms with Gasteiger partial charge in [0.2, 0.25) is 0 Å². The molecule has 8 nitrogen and oxygen atoms in total. The summed E-state index contributed by atoms with van der Waals surface area (Å²) >= 11 is 0. The second kappa shape index (κ2) is 8.10. The highest BCUT2D eigenvalue weighted by atomic mass is 16.6. The van der Waals surface area contributed by atoms with Crippen LogP contribution >= 0.6 is 0 Å². The summed E-state index contributed by atoms with van der Waals surface area (Å²) < 4.78 is 16.5. The predicted octanol–water partition coefficient (Wildman–Crippen LogP) is 3.75. The number of likely N-dealkylation sites (tertiary alicyclic amines) is 1. The third-order valence-corrected chi connectivity index (χ3v) is 5.36. The van der Waals surface area contributed by atoms with Gasteiger partial charge in [-0.3, -0.25) is 4.98 Å². The molecule has 2 saturated heterocycles. The summed E-state index contributed by atoms with van der Waals surface area (Å²) in [4.78, 5) is 22.9. The van der Waals surface area contributed by atoms with E-state index in [9.17, 15) is 4.79 Å². The van der Waals surface area contributed by atoms with Crippen LogP contribution in [0.4, 0.5) is 4.79 Å². The van der Waals surface area contributed by atoms with Crippen LogP contribution in [-0.4, -0.2) is 58.0 Å². The van der Waals surface area contributed by atoms with Crippen molar-refractivity contribution in [2.75, 3.05) is 26.3 Å². The van der Waals surface area contributed by atoms with Gasteiger partial charge in [-0.25, -0.2) is 4.79 Å². The summed E-state index contributed by atoms with van der Waals surface area (Å²) in [5.41, 5.74) is 1.49. The van der Waals surface area contributed by atoms with Crippen LogP contribution in [-0.2, 0) is 9.47 Å². The standard InChI is InChI=1S/C21H28N4O4/c1-21(2,3)28-20(26)25-7-4-14(5-8-25)18-23-19(29-24-18)17-10-16(11-22-12-17)15-6-9-27-13-15/h10-12,14-15H,4-9,13H2,1-3H3. The van der Waals surface area contributed by atoms with Crippen molar-refractivity contribution < 1.29 is 18.8 Å². The van der Waals surface area contributed by atoms with E-state index in [1.165, 1.54) is 0 Å². The number of carbonyl (C=O) groups is 1. The molecule has 2 fully saturated rings. The Morgan fingerprint density at radius 2 is 1.97 bits per heavy atom. The minimum Gasteiger partial charge on any atom is -0.444 e. The summed E-state index contributed by atoms with van der Waals surface area (Å²) in [6, 6.07) is 2.06. The topological polar surface area (TPSA) is 90.6 Å². The van der Waals surface area contributed by atoms with Gasteiger partial charge in [-0.1, -0.05) is 5.16 Å². The molecule has 2 aliphatic heterocycles. The molecule has 156 valence electrons. The zero-order valence-corrected chi connectivity index (χ0v) is 17.3. The maximum atomic E-state index is 12.2. The van der Waals surface area contributed by atoms with Crippen molar-refractivity contribution in [2.24, 2.45) is 0 Å². The van der Waals surface area contributed by atoms with Gasteiger partial charge < -0.3 is 18.9 Å². The second-order valence-electron chi connectivity index (χ2n) is 8.77. The number of nitrogens with zero attached hydrogens (tertiary/aromatic N) is 4. The first-order chi connectivity index (χ1) is 13.9. The van der Waals surface area contributed by atoms with E-state index in [4.69, 9.17) is 14.0 Å². The van der Waals surface area contributed by atoms with Gasteiger partial charge >= 0.3 is 6.09 Å². The van der Waals surface area contributed by atoms with Crippen LogP contribution in [0, 0.1) is 0 Å². The number of amides is 1. The molecular weight excluding hydrogens is 372 g/mol. The fourth-order valence-electron chi connectivity index (χ4n) is 3.76. The minimum atomic E-state index is -0.482. The van der Waals surface area contributed by atoms with E-state index < -0.39 is 5.60 Å². The summed E-state index contributed by atoms with van der Waals surface area (Å²) in [5.74, 6) is 1.73. The van der Waals surface area contributed by atoms with E-state index >= 15 is 0 Å². The van der Waals surface area contributed by atoms with Crippen molar-refractivity contribution in [2.45, 2.75) is 57.5 Å². The lowest BCUT2D eigenvalue weighted by Crippen LogP contribution is -2.41. The molecule has 0 aliphatic carbocycles. The van der Waals surface area contributed by atoms with Gasteiger partial charge in [0.15, 0.2) is 5.82 Å². The van der Waals surface area contributed by atoms with Gasteiger partial charge in [-0.2, -0.15) is 4.98 Å². The molecule has 0 bridgehead atoms. The zero-order valence-electron chi connectivity index (χ0n) is 17.3. The van der Waals surface area contributed by atoms with Crippen molar-refractivity contribution >= 4 is 6.09 Å². The van der Waals surface area contributed by atoms with Crippen molar-refractivity contribution in [3.05, 3.63) is 29.8 Å². The largest absolute Gasteiger partial charge is 0.444 e. The lowest BCUT2D eigenvalue weighted by Gasteiger charge is -2.32. The van der Waals surface area contributed by atoms with Crippen LogP contribution in [0.2, 0.25) is 0 Å². The molecule has 0 aromatic carbocycles. The molecule has 4 heterocycles. The van der Waals surface area contributed by atoms with Crippen LogP contribution in [0.25, 0.3) is 11.5 Å². The molecule has 0 N–H and O–H groups in total. The van der Waals surface area contributed by atoms with Crippen LogP contribution in [0.5, 0.6) is 0 Å². The molecule has 2 aromatic heterocycles. The van der Waals surface area contributed by atoms with Crippen LogP contribution in [0.1, 0.15) is 63.3 Å². The molecule has 4 rings (SSSR count). The number of ether oxygens (including phenoxy) is 2. The third kappa shape index (κ3) is 4.75. The molecular formula is C21H28N4O4. The summed E-state index contributed by atoms with van der Waals surface area (Å²) in [5, 5.41) is 4.20. The van der Waals surface area contributed by atoms with Gasteiger partial charge in [-0.05, 0) is 51.7 Å². The summed E-state index contributed by atoms with van der Waals surface area (Å²) in [7, 11) is 0. The molecule has 29 heavy (non-hydrogen) atoms. The van der Waals surface area contributed by atoms with Crippen molar-refractivity contribution in [3.63, 3.8) is 0 Å². The third-order valence-electron chi connectivity index (χ3n) is 5.36. The Bertz CT molecular complexity index is 846. The van der Waals surface area contributed by atoms with E-state index in [0.717, 1.165) is 43.6 Å². The number of aromatic nitrogens is 3. The maximum Gasteiger partial charge on any atom is 0.410 e. The average Bonchev–Trinajstić information content (AvgIpc) is 3.39. The molecule has 1 unspecified atom stereocenters. The monoisotopic (exact) mass is 400 g/mol. The molecule has 0 saturated carbocycles. The van der Waals surface area contributed by atoms with Crippen molar-refractivity contribution in [1.29, 1.82) is 0 Å². The van der Waals surface area contributed by atoms with Gasteiger partial charge in [0, 0.05) is 43.9 Å². The van der Waals surface area contributed by atoms with E-state index in [1.54, 1.807) is 11.1 Å². The van der Waals surface area contributed by atoms with Crippen LogP contribution in [0.3, 0.4) is 0 Å². The van der Waals surface area contributed by atoms with Crippen LogP contribution in [0.15, 0.2) is 23.0 Å². The first-order valence-electron chi connectivity index (χ1n) is 10.2. The number of piperidine rings is 1. The SMILES string of the molecule is CC(C)(C)OC(=O)N1CCC(c2noc(-c3cncc(C4CCOC4)c3)n2)CC1. The van der Waals surface area contributed by atoms with E-state index in [0.29, 0.717) is 30.7 Å². The van der Waals surface area contributed by atoms with Gasteiger partial charge in [0.25, 0.3) is 5.89 Å². The molecule has 1 amide bonds. The number of carbonyl (C=O) groups excluding carboxylic acids is 1. The highest BCUT2D eigenvalue weighted by Crippen LogP contribution is 2.30. The summed E-state index contributed by atoms with van der Waals surface area (Å²) in [6.07, 6.45) is 5.96. The lowest BCUT2D eigenvalue weighted by atomic mass is 9.96. The molecule has 2 aromatic rings. The first kappa shape index (κ1) is 19.8. The first-order valence-corrected chi connectivity index (χ1v) is 10.2. The number of pyridine rings is 1. The highest BCUT2D eigenvalue weighted by molar-refractivity contribution is 5.68.